The van der Waals surface area contributed by atoms with Crippen LogP contribution in [0.5, 0.6) is 0 Å². The van der Waals surface area contributed by atoms with E-state index in [0.29, 0.717) is 13.1 Å². The highest BCUT2D eigenvalue weighted by Gasteiger charge is 2.24. The molecular weight excluding hydrogens is 228 g/mol. The van der Waals surface area contributed by atoms with E-state index in [1.54, 1.807) is 11.6 Å². The summed E-state index contributed by atoms with van der Waals surface area (Å²) in [5, 5.41) is 0.0710. The van der Waals surface area contributed by atoms with E-state index in [2.05, 4.69) is 4.98 Å². The number of nitrogens with two attached hydrogens (primary N) is 1. The van der Waals surface area contributed by atoms with Crippen molar-refractivity contribution < 1.29 is 8.42 Å². The van der Waals surface area contributed by atoms with Gasteiger partial charge in [0, 0.05) is 26.8 Å². The molecule has 0 spiro atoms. The van der Waals surface area contributed by atoms with E-state index in [9.17, 15) is 8.42 Å². The van der Waals surface area contributed by atoms with Crippen LogP contribution in [-0.4, -0.2) is 42.4 Å². The van der Waals surface area contributed by atoms with Crippen LogP contribution in [-0.2, 0) is 17.1 Å². The van der Waals surface area contributed by atoms with Gasteiger partial charge in [-0.1, -0.05) is 6.92 Å². The zero-order valence-electron chi connectivity index (χ0n) is 9.79. The van der Waals surface area contributed by atoms with E-state index in [1.165, 1.54) is 23.9 Å². The van der Waals surface area contributed by atoms with E-state index in [0.717, 1.165) is 0 Å². The molecule has 2 N–H and O–H groups in total. The minimum absolute atomic E-state index is 0.0710. The molecule has 16 heavy (non-hydrogen) atoms. The molecule has 0 aliphatic rings. The fraction of sp³-hybridized carbons (Fsp3) is 0.667. The van der Waals surface area contributed by atoms with Gasteiger partial charge in [-0.2, -0.15) is 4.31 Å². The van der Waals surface area contributed by atoms with Crippen molar-refractivity contribution in [1.29, 1.82) is 0 Å². The molecule has 7 heteroatoms. The lowest BCUT2D eigenvalue weighted by atomic mass is 10.2. The molecule has 0 aromatic carbocycles. The summed E-state index contributed by atoms with van der Waals surface area (Å²) in [5.41, 5.74) is 5.47. The smallest absolute Gasteiger partial charge is 0.261 e. The van der Waals surface area contributed by atoms with Crippen LogP contribution < -0.4 is 5.73 Å². The highest BCUT2D eigenvalue weighted by atomic mass is 32.2. The van der Waals surface area contributed by atoms with Crippen molar-refractivity contribution >= 4 is 10.0 Å². The van der Waals surface area contributed by atoms with Gasteiger partial charge in [-0.3, -0.25) is 0 Å². The number of hydrogen-bond donors (Lipinski definition) is 1. The SMILES string of the molecule is CC(CN)CN(C)S(=O)(=O)c1cn(C)cn1. The molecule has 0 radical (unpaired) electrons. The molecule has 6 nitrogen and oxygen atoms in total. The van der Waals surface area contributed by atoms with Gasteiger partial charge in [0.25, 0.3) is 10.0 Å². The molecule has 0 amide bonds. The summed E-state index contributed by atoms with van der Waals surface area (Å²) < 4.78 is 26.9. The Bertz CT molecular complexity index is 440. The maximum absolute atomic E-state index is 12.0. The van der Waals surface area contributed by atoms with Crippen molar-refractivity contribution in [3.05, 3.63) is 12.5 Å². The monoisotopic (exact) mass is 246 g/mol. The van der Waals surface area contributed by atoms with Crippen LogP contribution in [0, 0.1) is 5.92 Å². The van der Waals surface area contributed by atoms with Gasteiger partial charge in [0.15, 0.2) is 5.03 Å². The fourth-order valence-electron chi connectivity index (χ4n) is 1.29. The summed E-state index contributed by atoms with van der Waals surface area (Å²) in [6.07, 6.45) is 2.95. The molecule has 1 aromatic heterocycles. The maximum Gasteiger partial charge on any atom is 0.261 e. The van der Waals surface area contributed by atoms with E-state index < -0.39 is 10.0 Å². The Morgan fingerprint density at radius 3 is 2.69 bits per heavy atom. The average Bonchev–Trinajstić information content (AvgIpc) is 2.65. The number of hydrogen-bond acceptors (Lipinski definition) is 4. The average molecular weight is 246 g/mol. The van der Waals surface area contributed by atoms with Crippen LogP contribution in [0.2, 0.25) is 0 Å². The van der Waals surface area contributed by atoms with Crippen LogP contribution in [0.25, 0.3) is 0 Å². The van der Waals surface area contributed by atoms with Crippen molar-refractivity contribution in [3.63, 3.8) is 0 Å². The highest BCUT2D eigenvalue weighted by Crippen LogP contribution is 2.12. The van der Waals surface area contributed by atoms with Gasteiger partial charge in [0.2, 0.25) is 0 Å². The zero-order valence-corrected chi connectivity index (χ0v) is 10.6. The van der Waals surface area contributed by atoms with Crippen LogP contribution in [0.15, 0.2) is 17.6 Å². The van der Waals surface area contributed by atoms with Gasteiger partial charge in [-0.15, -0.1) is 0 Å². The molecule has 1 rings (SSSR count). The first-order chi connectivity index (χ1) is 7.37. The molecule has 1 atom stereocenters. The summed E-state index contributed by atoms with van der Waals surface area (Å²) in [4.78, 5) is 3.84. The summed E-state index contributed by atoms with van der Waals surface area (Å²) in [7, 11) is -0.209. The third-order valence-electron chi connectivity index (χ3n) is 2.33. The standard InChI is InChI=1S/C9H18N4O2S/c1-8(4-10)5-13(3)16(14,15)9-6-12(2)7-11-9/h6-8H,4-5,10H2,1-3H3. The normalized spacial score (nSPS) is 14.3. The van der Waals surface area contributed by atoms with E-state index in [1.807, 2.05) is 6.92 Å². The molecule has 0 aliphatic carbocycles. The Kier molecular flexibility index (Phi) is 4.06. The van der Waals surface area contributed by atoms with Gasteiger partial charge < -0.3 is 10.3 Å². The lowest BCUT2D eigenvalue weighted by molar-refractivity contribution is 0.403. The Labute approximate surface area is 96.1 Å². The summed E-state index contributed by atoms with van der Waals surface area (Å²) in [6.45, 7) is 2.77. The summed E-state index contributed by atoms with van der Waals surface area (Å²) >= 11 is 0. The van der Waals surface area contributed by atoms with Crippen LogP contribution in [0.4, 0.5) is 0 Å². The first-order valence-corrected chi connectivity index (χ1v) is 6.46. The lowest BCUT2D eigenvalue weighted by Crippen LogP contribution is -2.33. The summed E-state index contributed by atoms with van der Waals surface area (Å²) in [6, 6.07) is 0. The zero-order chi connectivity index (χ0) is 12.3. The molecule has 92 valence electrons. The first-order valence-electron chi connectivity index (χ1n) is 5.02. The molecule has 0 bridgehead atoms. The van der Waals surface area contributed by atoms with Crippen LogP contribution >= 0.6 is 0 Å². The number of rotatable bonds is 5. The number of aromatic nitrogens is 2. The number of aryl methyl sites for hydroxylation is 1. The van der Waals surface area contributed by atoms with Crippen molar-refractivity contribution in [2.45, 2.75) is 11.9 Å². The second kappa shape index (κ2) is 4.94. The molecule has 1 aromatic rings. The largest absolute Gasteiger partial charge is 0.339 e. The minimum atomic E-state index is -3.48. The van der Waals surface area contributed by atoms with Gasteiger partial charge in [0.05, 0.1) is 6.33 Å². The Morgan fingerprint density at radius 2 is 2.25 bits per heavy atom. The van der Waals surface area contributed by atoms with Crippen molar-refractivity contribution in [1.82, 2.24) is 13.9 Å². The van der Waals surface area contributed by atoms with Crippen molar-refractivity contribution in [2.75, 3.05) is 20.1 Å². The van der Waals surface area contributed by atoms with Crippen LogP contribution in [0.1, 0.15) is 6.92 Å². The third-order valence-corrected chi connectivity index (χ3v) is 4.04. The molecule has 0 aliphatic heterocycles. The minimum Gasteiger partial charge on any atom is -0.339 e. The molecule has 1 unspecified atom stereocenters. The van der Waals surface area contributed by atoms with Crippen molar-refractivity contribution in [3.8, 4) is 0 Å². The van der Waals surface area contributed by atoms with Crippen LogP contribution in [0.3, 0.4) is 0 Å². The second-order valence-electron chi connectivity index (χ2n) is 4.00. The second-order valence-corrected chi connectivity index (χ2v) is 6.00. The quantitative estimate of drug-likeness (QED) is 0.769. The fourth-order valence-corrected chi connectivity index (χ4v) is 2.54. The number of nitrogens with zero attached hydrogens (tertiary/aromatic N) is 3. The Hall–Kier alpha value is -0.920. The predicted molar refractivity (Wildman–Crippen MR) is 61.2 cm³/mol. The predicted octanol–water partition coefficient (Wildman–Crippen LogP) is -0.365. The van der Waals surface area contributed by atoms with Gasteiger partial charge >= 0.3 is 0 Å². The number of imidazole rings is 1. The van der Waals surface area contributed by atoms with Gasteiger partial charge in [0.1, 0.15) is 0 Å². The molecule has 1 heterocycles. The Balaban J connectivity index is 2.86. The molecule has 0 saturated heterocycles. The third kappa shape index (κ3) is 2.81. The van der Waals surface area contributed by atoms with Gasteiger partial charge in [-0.05, 0) is 12.5 Å². The lowest BCUT2D eigenvalue weighted by Gasteiger charge is -2.18. The van der Waals surface area contributed by atoms with Gasteiger partial charge in [-0.25, -0.2) is 13.4 Å². The van der Waals surface area contributed by atoms with E-state index in [4.69, 9.17) is 5.73 Å². The molecule has 0 saturated carbocycles. The highest BCUT2D eigenvalue weighted by molar-refractivity contribution is 7.89. The van der Waals surface area contributed by atoms with E-state index >= 15 is 0 Å². The van der Waals surface area contributed by atoms with Crippen molar-refractivity contribution in [2.24, 2.45) is 18.7 Å². The maximum atomic E-state index is 12.0. The van der Waals surface area contributed by atoms with E-state index in [-0.39, 0.29) is 10.9 Å². The Morgan fingerprint density at radius 1 is 1.62 bits per heavy atom. The topological polar surface area (TPSA) is 81.2 Å². The first kappa shape index (κ1) is 13.1. The number of sulfonamides is 1. The summed E-state index contributed by atoms with van der Waals surface area (Å²) in [5.74, 6) is 0.128. The molecular formula is C9H18N4O2S. The molecule has 0 fully saturated rings.